The lowest BCUT2D eigenvalue weighted by molar-refractivity contribution is 0.121. The quantitative estimate of drug-likeness (QED) is 0.586. The lowest BCUT2D eigenvalue weighted by atomic mass is 11.0. The van der Waals surface area contributed by atoms with Gasteiger partial charge in [0.2, 0.25) is 0 Å². The highest BCUT2D eigenvalue weighted by Crippen LogP contribution is 2.36. The summed E-state index contributed by atoms with van der Waals surface area (Å²) in [5.74, 6) is 0. The van der Waals surface area contributed by atoms with Crippen LogP contribution in [0.25, 0.3) is 0 Å². The van der Waals surface area contributed by atoms with E-state index in [2.05, 4.69) is 31.9 Å². The zero-order valence-corrected chi connectivity index (χ0v) is 11.2. The molecule has 0 heterocycles. The SMILES string of the molecule is CO[Si](OC)(OC)C(C)(Br)Br. The predicted octanol–water partition coefficient (Wildman–Crippen LogP) is 1.91. The van der Waals surface area contributed by atoms with Gasteiger partial charge in [-0.15, -0.1) is 0 Å². The van der Waals surface area contributed by atoms with E-state index >= 15 is 0 Å². The fourth-order valence-corrected chi connectivity index (χ4v) is 5.28. The van der Waals surface area contributed by atoms with Gasteiger partial charge in [0.1, 0.15) is 2.86 Å². The van der Waals surface area contributed by atoms with Crippen LogP contribution in [-0.4, -0.2) is 33.0 Å². The third kappa shape index (κ3) is 2.50. The minimum atomic E-state index is -2.59. The molecule has 0 amide bonds. The number of rotatable bonds is 4. The first kappa shape index (κ1) is 12.1. The van der Waals surface area contributed by atoms with E-state index in [1.807, 2.05) is 6.92 Å². The lowest BCUT2D eigenvalue weighted by Crippen LogP contribution is -2.55. The number of hydrogen-bond donors (Lipinski definition) is 0. The normalized spacial score (nSPS) is 13.6. The van der Waals surface area contributed by atoms with Crippen LogP contribution in [0.5, 0.6) is 0 Å². The molecule has 0 spiro atoms. The molecule has 0 aromatic carbocycles. The Labute approximate surface area is 85.0 Å². The van der Waals surface area contributed by atoms with Crippen LogP contribution in [-0.2, 0) is 13.3 Å². The first-order valence-corrected chi connectivity index (χ1v) is 6.28. The van der Waals surface area contributed by atoms with Gasteiger partial charge in [0.15, 0.2) is 0 Å². The Morgan fingerprint density at radius 1 is 1.00 bits per heavy atom. The molecule has 68 valence electrons. The van der Waals surface area contributed by atoms with Crippen LogP contribution < -0.4 is 0 Å². The summed E-state index contributed by atoms with van der Waals surface area (Å²) in [4.78, 5) is 0. The third-order valence-corrected chi connectivity index (χ3v) is 6.95. The van der Waals surface area contributed by atoms with Crippen molar-refractivity contribution in [3.8, 4) is 0 Å². The maximum absolute atomic E-state index is 5.20. The molecule has 11 heavy (non-hydrogen) atoms. The third-order valence-electron chi connectivity index (χ3n) is 1.34. The molecule has 0 N–H and O–H groups in total. The predicted molar refractivity (Wildman–Crippen MR) is 53.0 cm³/mol. The summed E-state index contributed by atoms with van der Waals surface area (Å²) in [6.07, 6.45) is 0. The van der Waals surface area contributed by atoms with Crippen LogP contribution in [0, 0.1) is 0 Å². The molecule has 0 fully saturated rings. The fraction of sp³-hybridized carbons (Fsp3) is 1.00. The smallest absolute Gasteiger partial charge is 0.376 e. The highest BCUT2D eigenvalue weighted by Gasteiger charge is 2.54. The molecule has 0 radical (unpaired) electrons. The van der Waals surface area contributed by atoms with E-state index in [4.69, 9.17) is 13.3 Å². The first-order chi connectivity index (χ1) is 4.93. The average Bonchev–Trinajstić information content (AvgIpc) is 1.90. The maximum atomic E-state index is 5.20. The molecular weight excluding hydrogens is 296 g/mol. The van der Waals surface area contributed by atoms with E-state index in [9.17, 15) is 0 Å². The van der Waals surface area contributed by atoms with Crippen LogP contribution in [0.4, 0.5) is 0 Å². The Morgan fingerprint density at radius 2 is 1.27 bits per heavy atom. The largest absolute Gasteiger partial charge is 0.528 e. The summed E-state index contributed by atoms with van der Waals surface area (Å²) in [6, 6.07) is 0. The monoisotopic (exact) mass is 306 g/mol. The minimum Gasteiger partial charge on any atom is -0.376 e. The molecule has 0 aliphatic carbocycles. The molecular formula is C5H12Br2O3Si. The van der Waals surface area contributed by atoms with Crippen LogP contribution in [0.15, 0.2) is 0 Å². The summed E-state index contributed by atoms with van der Waals surface area (Å²) in [6.45, 7) is 1.88. The van der Waals surface area contributed by atoms with Gasteiger partial charge in [0, 0.05) is 21.3 Å². The van der Waals surface area contributed by atoms with Gasteiger partial charge in [-0.3, -0.25) is 0 Å². The van der Waals surface area contributed by atoms with Gasteiger partial charge in [-0.05, 0) is 6.92 Å². The number of halogens is 2. The van der Waals surface area contributed by atoms with Crippen molar-refractivity contribution in [3.63, 3.8) is 0 Å². The maximum Gasteiger partial charge on any atom is 0.528 e. The lowest BCUT2D eigenvalue weighted by Gasteiger charge is -2.32. The molecule has 0 saturated carbocycles. The van der Waals surface area contributed by atoms with Crippen molar-refractivity contribution in [1.29, 1.82) is 0 Å². The Morgan fingerprint density at radius 3 is 1.27 bits per heavy atom. The van der Waals surface area contributed by atoms with E-state index in [0.717, 1.165) is 0 Å². The summed E-state index contributed by atoms with van der Waals surface area (Å²) in [7, 11) is 2.12. The summed E-state index contributed by atoms with van der Waals surface area (Å²) >= 11 is 6.77. The molecule has 0 bridgehead atoms. The van der Waals surface area contributed by atoms with E-state index in [-0.39, 0.29) is 0 Å². The van der Waals surface area contributed by atoms with Gasteiger partial charge in [-0.25, -0.2) is 0 Å². The molecule has 3 nitrogen and oxygen atoms in total. The van der Waals surface area contributed by atoms with Crippen LogP contribution in [0.2, 0.25) is 0 Å². The van der Waals surface area contributed by atoms with Crippen LogP contribution in [0.3, 0.4) is 0 Å². The Bertz CT molecular complexity index is 113. The van der Waals surface area contributed by atoms with E-state index < -0.39 is 11.7 Å². The summed E-state index contributed by atoms with van der Waals surface area (Å²) in [5, 5.41) is 0. The van der Waals surface area contributed by atoms with Crippen molar-refractivity contribution < 1.29 is 13.3 Å². The van der Waals surface area contributed by atoms with Crippen LogP contribution >= 0.6 is 31.9 Å². The Kier molecular flexibility index (Phi) is 4.75. The second kappa shape index (κ2) is 4.34. The topological polar surface area (TPSA) is 27.7 Å². The molecule has 0 aliphatic rings. The molecule has 0 atom stereocenters. The first-order valence-electron chi connectivity index (χ1n) is 2.97. The van der Waals surface area contributed by atoms with Gasteiger partial charge in [0.25, 0.3) is 0 Å². The van der Waals surface area contributed by atoms with Gasteiger partial charge in [-0.1, -0.05) is 31.9 Å². The zero-order chi connectivity index (χ0) is 9.12. The molecule has 6 heteroatoms. The molecule has 0 aromatic rings. The van der Waals surface area contributed by atoms with Crippen molar-refractivity contribution in [2.75, 3.05) is 21.3 Å². The standard InChI is InChI=1S/C5H12Br2O3Si/c1-5(6,7)11(8-2,9-3)10-4/h1-4H3. The van der Waals surface area contributed by atoms with Gasteiger partial charge in [0.05, 0.1) is 0 Å². The average molecular weight is 308 g/mol. The Hall–Kier alpha value is 1.06. The number of alkyl halides is 2. The minimum absolute atomic E-state index is 0.439. The molecule has 0 aromatic heterocycles. The highest BCUT2D eigenvalue weighted by atomic mass is 79.9. The molecule has 0 unspecified atom stereocenters. The fourth-order valence-electron chi connectivity index (χ4n) is 0.788. The Balaban J connectivity index is 4.54. The van der Waals surface area contributed by atoms with E-state index in [0.29, 0.717) is 0 Å². The summed E-state index contributed by atoms with van der Waals surface area (Å²) in [5.41, 5.74) is 0. The molecule has 0 saturated heterocycles. The van der Waals surface area contributed by atoms with Crippen molar-refractivity contribution in [1.82, 2.24) is 0 Å². The van der Waals surface area contributed by atoms with Crippen molar-refractivity contribution in [2.45, 2.75) is 9.78 Å². The van der Waals surface area contributed by atoms with Gasteiger partial charge in [-0.2, -0.15) is 0 Å². The highest BCUT2D eigenvalue weighted by molar-refractivity contribution is 9.26. The second-order valence-corrected chi connectivity index (χ2v) is 11.1. The van der Waals surface area contributed by atoms with Crippen LogP contribution in [0.1, 0.15) is 6.92 Å². The van der Waals surface area contributed by atoms with Gasteiger partial charge >= 0.3 is 8.80 Å². The van der Waals surface area contributed by atoms with E-state index in [1.54, 1.807) is 21.3 Å². The number of hydrogen-bond acceptors (Lipinski definition) is 3. The van der Waals surface area contributed by atoms with Gasteiger partial charge < -0.3 is 13.3 Å². The van der Waals surface area contributed by atoms with Crippen molar-refractivity contribution in [2.24, 2.45) is 0 Å². The molecule has 0 aliphatic heterocycles. The zero-order valence-electron chi connectivity index (χ0n) is 6.98. The van der Waals surface area contributed by atoms with E-state index in [1.165, 1.54) is 0 Å². The second-order valence-electron chi connectivity index (χ2n) is 2.06. The summed E-state index contributed by atoms with van der Waals surface area (Å²) < 4.78 is 15.2. The van der Waals surface area contributed by atoms with Crippen molar-refractivity contribution >= 4 is 40.7 Å². The molecule has 0 rings (SSSR count). The van der Waals surface area contributed by atoms with Crippen molar-refractivity contribution in [3.05, 3.63) is 0 Å².